The summed E-state index contributed by atoms with van der Waals surface area (Å²) >= 11 is 6.00. The van der Waals surface area contributed by atoms with Crippen molar-refractivity contribution in [1.82, 2.24) is 10.2 Å². The molecule has 0 aromatic heterocycles. The fourth-order valence-corrected chi connectivity index (χ4v) is 2.70. The summed E-state index contributed by atoms with van der Waals surface area (Å²) in [6.07, 6.45) is -2.70. The summed E-state index contributed by atoms with van der Waals surface area (Å²) in [6, 6.07) is 3.49. The Hall–Kier alpha value is -0.780. The SMILES string of the molecule is Fc1ccc([C@H](CC(F)F)N2CCNCC2)c(Cl)c1. The second kappa shape index (κ2) is 6.59. The Labute approximate surface area is 115 Å². The van der Waals surface area contributed by atoms with Crippen molar-refractivity contribution in [3.63, 3.8) is 0 Å². The Kier molecular flexibility index (Phi) is 5.07. The van der Waals surface area contributed by atoms with Gasteiger partial charge in [0.25, 0.3) is 0 Å². The van der Waals surface area contributed by atoms with Crippen LogP contribution < -0.4 is 5.32 Å². The van der Waals surface area contributed by atoms with E-state index in [1.165, 1.54) is 18.2 Å². The number of nitrogens with zero attached hydrogens (tertiary/aromatic N) is 1. The molecule has 1 heterocycles. The molecule has 0 amide bonds. The van der Waals surface area contributed by atoms with Gasteiger partial charge in [-0.3, -0.25) is 4.90 Å². The average molecular weight is 293 g/mol. The fourth-order valence-electron chi connectivity index (χ4n) is 2.41. The normalized spacial score (nSPS) is 18.8. The van der Waals surface area contributed by atoms with Crippen LogP contribution in [0.15, 0.2) is 18.2 Å². The van der Waals surface area contributed by atoms with E-state index >= 15 is 0 Å². The lowest BCUT2D eigenvalue weighted by atomic mass is 10.0. The minimum absolute atomic E-state index is 0.212. The molecule has 0 radical (unpaired) electrons. The molecule has 1 fully saturated rings. The summed E-state index contributed by atoms with van der Waals surface area (Å²) in [5.74, 6) is -0.454. The van der Waals surface area contributed by atoms with Crippen LogP contribution in [0.3, 0.4) is 0 Å². The van der Waals surface area contributed by atoms with Crippen molar-refractivity contribution in [3.05, 3.63) is 34.6 Å². The molecule has 1 saturated heterocycles. The highest BCUT2D eigenvalue weighted by Crippen LogP contribution is 2.32. The number of hydrogen-bond donors (Lipinski definition) is 1. The number of nitrogens with one attached hydrogen (secondary N) is 1. The van der Waals surface area contributed by atoms with Crippen LogP contribution in [0, 0.1) is 5.82 Å². The second-order valence-electron chi connectivity index (χ2n) is 4.59. The number of benzene rings is 1. The van der Waals surface area contributed by atoms with Crippen molar-refractivity contribution in [2.24, 2.45) is 0 Å². The van der Waals surface area contributed by atoms with Crippen LogP contribution in [0.1, 0.15) is 18.0 Å². The summed E-state index contributed by atoms with van der Waals surface area (Å²) in [4.78, 5) is 1.97. The van der Waals surface area contributed by atoms with Gasteiger partial charge in [-0.15, -0.1) is 0 Å². The molecule has 0 unspecified atom stereocenters. The highest BCUT2D eigenvalue weighted by molar-refractivity contribution is 6.31. The van der Waals surface area contributed by atoms with Gasteiger partial charge in [0.1, 0.15) is 5.82 Å². The van der Waals surface area contributed by atoms with Crippen molar-refractivity contribution in [1.29, 1.82) is 0 Å². The standard InChI is InChI=1S/C13H16ClF3N2/c14-11-7-9(15)1-2-10(11)12(8-13(16)17)19-5-3-18-4-6-19/h1-2,7,12-13,18H,3-6,8H2/t12-/m0/s1. The van der Waals surface area contributed by atoms with E-state index in [1.54, 1.807) is 0 Å². The highest BCUT2D eigenvalue weighted by atomic mass is 35.5. The maximum atomic E-state index is 13.1. The van der Waals surface area contributed by atoms with Crippen LogP contribution in [-0.2, 0) is 0 Å². The molecule has 0 bridgehead atoms. The number of halogens is 4. The Morgan fingerprint density at radius 1 is 1.26 bits per heavy atom. The molecule has 19 heavy (non-hydrogen) atoms. The predicted octanol–water partition coefficient (Wildman–Crippen LogP) is 3.08. The minimum atomic E-state index is -2.42. The molecule has 1 aromatic rings. The number of alkyl halides is 2. The minimum Gasteiger partial charge on any atom is -0.314 e. The summed E-state index contributed by atoms with van der Waals surface area (Å²) in [6.45, 7) is 2.90. The summed E-state index contributed by atoms with van der Waals surface area (Å²) < 4.78 is 38.6. The topological polar surface area (TPSA) is 15.3 Å². The van der Waals surface area contributed by atoms with E-state index in [0.29, 0.717) is 18.7 Å². The molecule has 1 aliphatic heterocycles. The molecule has 2 nitrogen and oxygen atoms in total. The van der Waals surface area contributed by atoms with Gasteiger partial charge in [-0.25, -0.2) is 13.2 Å². The molecule has 0 saturated carbocycles. The Bertz CT molecular complexity index is 422. The first-order valence-electron chi connectivity index (χ1n) is 6.26. The van der Waals surface area contributed by atoms with E-state index in [9.17, 15) is 13.2 Å². The largest absolute Gasteiger partial charge is 0.314 e. The lowest BCUT2D eigenvalue weighted by Gasteiger charge is -2.35. The monoisotopic (exact) mass is 292 g/mol. The van der Waals surface area contributed by atoms with Gasteiger partial charge in [-0.1, -0.05) is 17.7 Å². The fraction of sp³-hybridized carbons (Fsp3) is 0.538. The van der Waals surface area contributed by atoms with Crippen molar-refractivity contribution >= 4 is 11.6 Å². The molecular formula is C13H16ClF3N2. The lowest BCUT2D eigenvalue weighted by molar-refractivity contribution is 0.0739. The maximum Gasteiger partial charge on any atom is 0.240 e. The Balaban J connectivity index is 2.25. The van der Waals surface area contributed by atoms with Crippen LogP contribution in [0.2, 0.25) is 5.02 Å². The van der Waals surface area contributed by atoms with Crippen LogP contribution in [0.5, 0.6) is 0 Å². The molecule has 1 aliphatic rings. The van der Waals surface area contributed by atoms with E-state index in [4.69, 9.17) is 11.6 Å². The quantitative estimate of drug-likeness (QED) is 0.917. The van der Waals surface area contributed by atoms with Gasteiger partial charge in [-0.2, -0.15) is 0 Å². The van der Waals surface area contributed by atoms with Crippen molar-refractivity contribution in [2.45, 2.75) is 18.9 Å². The van der Waals surface area contributed by atoms with E-state index < -0.39 is 18.3 Å². The average Bonchev–Trinajstić information content (AvgIpc) is 2.37. The zero-order chi connectivity index (χ0) is 13.8. The molecule has 0 aliphatic carbocycles. The summed E-state index contributed by atoms with van der Waals surface area (Å²) in [5, 5.41) is 3.39. The van der Waals surface area contributed by atoms with Gasteiger partial charge in [-0.05, 0) is 17.7 Å². The molecular weight excluding hydrogens is 277 g/mol. The maximum absolute atomic E-state index is 13.1. The van der Waals surface area contributed by atoms with Gasteiger partial charge in [0, 0.05) is 43.7 Å². The van der Waals surface area contributed by atoms with Gasteiger partial charge in [0.15, 0.2) is 0 Å². The molecule has 2 rings (SSSR count). The van der Waals surface area contributed by atoms with Gasteiger partial charge < -0.3 is 5.32 Å². The van der Waals surface area contributed by atoms with E-state index in [0.717, 1.165) is 13.1 Å². The number of hydrogen-bond acceptors (Lipinski definition) is 2. The van der Waals surface area contributed by atoms with Crippen LogP contribution >= 0.6 is 11.6 Å². The van der Waals surface area contributed by atoms with Gasteiger partial charge >= 0.3 is 0 Å². The zero-order valence-corrected chi connectivity index (χ0v) is 11.1. The van der Waals surface area contributed by atoms with Gasteiger partial charge in [0.05, 0.1) is 0 Å². The molecule has 0 spiro atoms. The molecule has 1 atom stereocenters. The number of piperazine rings is 1. The van der Waals surface area contributed by atoms with E-state index in [-0.39, 0.29) is 11.4 Å². The molecule has 1 aromatic carbocycles. The second-order valence-corrected chi connectivity index (χ2v) is 5.00. The number of rotatable bonds is 4. The molecule has 6 heteroatoms. The van der Waals surface area contributed by atoms with Crippen LogP contribution in [0.25, 0.3) is 0 Å². The third kappa shape index (κ3) is 3.84. The first-order chi connectivity index (χ1) is 9.08. The first kappa shape index (κ1) is 14.6. The predicted molar refractivity (Wildman–Crippen MR) is 69.2 cm³/mol. The van der Waals surface area contributed by atoms with Gasteiger partial charge in [0.2, 0.25) is 6.43 Å². The van der Waals surface area contributed by atoms with E-state index in [2.05, 4.69) is 5.32 Å². The third-order valence-corrected chi connectivity index (χ3v) is 3.64. The van der Waals surface area contributed by atoms with Crippen molar-refractivity contribution in [2.75, 3.05) is 26.2 Å². The summed E-state index contributed by atoms with van der Waals surface area (Å²) in [7, 11) is 0. The van der Waals surface area contributed by atoms with Crippen LogP contribution in [-0.4, -0.2) is 37.5 Å². The first-order valence-corrected chi connectivity index (χ1v) is 6.63. The Morgan fingerprint density at radius 2 is 1.95 bits per heavy atom. The lowest BCUT2D eigenvalue weighted by Crippen LogP contribution is -2.45. The van der Waals surface area contributed by atoms with Crippen molar-refractivity contribution < 1.29 is 13.2 Å². The third-order valence-electron chi connectivity index (χ3n) is 3.32. The zero-order valence-electron chi connectivity index (χ0n) is 10.4. The smallest absolute Gasteiger partial charge is 0.240 e. The molecule has 1 N–H and O–H groups in total. The van der Waals surface area contributed by atoms with Crippen LogP contribution in [0.4, 0.5) is 13.2 Å². The Morgan fingerprint density at radius 3 is 2.53 bits per heavy atom. The summed E-state index contributed by atoms with van der Waals surface area (Å²) in [5.41, 5.74) is 0.574. The highest BCUT2D eigenvalue weighted by Gasteiger charge is 2.27. The van der Waals surface area contributed by atoms with E-state index in [1.807, 2.05) is 4.90 Å². The molecule has 106 valence electrons. The van der Waals surface area contributed by atoms with Crippen molar-refractivity contribution in [3.8, 4) is 0 Å².